The first-order valence-electron chi connectivity index (χ1n) is 53.4. The van der Waals surface area contributed by atoms with E-state index in [0.717, 1.165) is 157 Å². The van der Waals surface area contributed by atoms with Crippen LogP contribution in [0, 0.1) is 71.0 Å². The zero-order valence-electron chi connectivity index (χ0n) is 90.9. The molecule has 0 aliphatic heterocycles. The van der Waals surface area contributed by atoms with E-state index in [1.165, 1.54) is 126 Å². The van der Waals surface area contributed by atoms with Crippen LogP contribution < -0.4 is 0 Å². The summed E-state index contributed by atoms with van der Waals surface area (Å²) < 4.78 is 28.8. The lowest BCUT2D eigenvalue weighted by molar-refractivity contribution is 0.157. The van der Waals surface area contributed by atoms with Crippen LogP contribution in [0.3, 0.4) is 0 Å². The summed E-state index contributed by atoms with van der Waals surface area (Å²) in [7, 11) is 0. The lowest BCUT2D eigenvalue weighted by atomic mass is 9.75. The number of aromatic nitrogens is 16. The monoisotopic (exact) mass is 1850 g/mol. The van der Waals surface area contributed by atoms with Crippen LogP contribution in [0.25, 0.3) is 0 Å². The van der Waals surface area contributed by atoms with E-state index in [-0.39, 0.29) is 13.2 Å². The fraction of sp³-hybridized carbons (Fsp3) is 0.815. The minimum Gasteiger partial charge on any atom is -0.396 e. The first kappa shape index (κ1) is 123. The summed E-state index contributed by atoms with van der Waals surface area (Å²) in [5.74, 6) is 20.4. The highest BCUT2D eigenvalue weighted by atomic mass is 16.5. The van der Waals surface area contributed by atoms with Gasteiger partial charge in [-0.15, -0.1) is 0 Å². The molecule has 4 N–H and O–H groups in total. The van der Waals surface area contributed by atoms with Crippen molar-refractivity contribution in [3.63, 3.8) is 0 Å². The third-order valence-corrected chi connectivity index (χ3v) is 25.7. The molecule has 24 heteroatoms. The molecule has 10 fully saturated rings. The molecular weight excluding hydrogens is 1650 g/mol. The molecular formula is C108H200N16O8. The number of aliphatic hydroxyl groups excluding tert-OH is 4. The van der Waals surface area contributed by atoms with E-state index < -0.39 is 0 Å². The quantitative estimate of drug-likeness (QED) is 0.0551. The van der Waals surface area contributed by atoms with Gasteiger partial charge in [0.1, 0.15) is 13.2 Å². The molecule has 760 valence electrons. The maximum Gasteiger partial charge on any atom is 0.252 e. The second-order valence-electron chi connectivity index (χ2n) is 38.6. The maximum atomic E-state index is 8.68. The minimum atomic E-state index is -0.157. The lowest BCUT2D eigenvalue weighted by Gasteiger charge is -2.34. The molecule has 10 aliphatic rings. The summed E-state index contributed by atoms with van der Waals surface area (Å²) in [6.07, 6.45) is 36.8. The van der Waals surface area contributed by atoms with Gasteiger partial charge in [0, 0.05) is 97.3 Å². The molecule has 8 aromatic heterocycles. The van der Waals surface area contributed by atoms with Gasteiger partial charge in [-0.25, -0.2) is 0 Å². The van der Waals surface area contributed by atoms with Gasteiger partial charge < -0.3 is 38.5 Å². The highest BCUT2D eigenvalue weighted by molar-refractivity contribution is 5.12. The van der Waals surface area contributed by atoms with Crippen molar-refractivity contribution < 1.29 is 38.5 Å². The highest BCUT2D eigenvalue weighted by Gasteiger charge is 2.37. The minimum absolute atomic E-state index is 0.157. The molecule has 0 unspecified atom stereocenters. The molecule has 0 atom stereocenters. The van der Waals surface area contributed by atoms with Crippen LogP contribution in [-0.2, 0) is 26.1 Å². The number of hydrogen-bond donors (Lipinski definition) is 4. The summed E-state index contributed by atoms with van der Waals surface area (Å²) in [4.78, 5) is 16.7. The van der Waals surface area contributed by atoms with Crippen LogP contribution in [0.15, 0.2) is 67.1 Å². The molecule has 10 saturated carbocycles. The van der Waals surface area contributed by atoms with E-state index in [4.69, 9.17) is 38.5 Å². The van der Waals surface area contributed by atoms with Gasteiger partial charge >= 0.3 is 0 Å². The molecule has 0 saturated heterocycles. The summed E-state index contributed by atoms with van der Waals surface area (Å²) in [5.41, 5.74) is 5.54. The van der Waals surface area contributed by atoms with Crippen LogP contribution in [0.5, 0.6) is 0 Å². The predicted molar refractivity (Wildman–Crippen MR) is 545 cm³/mol. The van der Waals surface area contributed by atoms with Crippen LogP contribution in [0.1, 0.15) is 532 Å². The van der Waals surface area contributed by atoms with Gasteiger partial charge in [-0.2, -0.15) is 40.3 Å². The second-order valence-corrected chi connectivity index (χ2v) is 38.6. The number of hydrogen-bond acceptors (Lipinski definition) is 20. The zero-order chi connectivity index (χ0) is 99.9. The van der Waals surface area contributed by atoms with Crippen molar-refractivity contribution in [3.8, 4) is 0 Å². The maximum absolute atomic E-state index is 8.68. The molecule has 132 heavy (non-hydrogen) atoms. The Morgan fingerprint density at radius 3 is 0.667 bits per heavy atom. The largest absolute Gasteiger partial charge is 0.396 e. The Bertz CT molecular complexity index is 3480. The zero-order valence-corrected chi connectivity index (χ0v) is 90.9. The lowest BCUT2D eigenvalue weighted by Crippen LogP contribution is -2.27. The van der Waals surface area contributed by atoms with Gasteiger partial charge in [0.25, 0.3) is 11.8 Å². The predicted octanol–water partition coefficient (Wildman–Crippen LogP) is 29.4. The van der Waals surface area contributed by atoms with Gasteiger partial charge in [0.05, 0.1) is 24.2 Å². The molecule has 10 aliphatic carbocycles. The van der Waals surface area contributed by atoms with Crippen molar-refractivity contribution in [2.75, 3.05) is 13.2 Å². The SMILES string of the molecule is CC.CC.CC.CC.CC.CC.CC.CC.CC1CC(CCO)C1.CC1CC(CCO)C1.CC1CC(c2noc(CO)n2)C1.CC1CC(c2noc(CO)n2)C1.CC1CC(n2nccc2C(C)C)C1.CC1CC(n2nccc2C(C)C)C1.CC1CC(n2nccc2C(C)C)C1.CC1CC(n2nccc2C(C)C)C1.CCc1noc(C2CC(C)C2)n1.CCc1noc(C2CC(C)C2)n1. The highest BCUT2D eigenvalue weighted by Crippen LogP contribution is 2.46. The van der Waals surface area contributed by atoms with Crippen LogP contribution in [0.2, 0.25) is 0 Å². The topological polar surface area (TPSA) is 308 Å². The van der Waals surface area contributed by atoms with Crippen LogP contribution in [0.4, 0.5) is 0 Å². The Labute approximate surface area is 804 Å². The third-order valence-electron chi connectivity index (χ3n) is 25.7. The first-order valence-corrected chi connectivity index (χ1v) is 53.4. The first-order chi connectivity index (χ1) is 63.5. The van der Waals surface area contributed by atoms with Crippen molar-refractivity contribution in [2.24, 2.45) is 71.0 Å². The van der Waals surface area contributed by atoms with Crippen LogP contribution in [-0.4, -0.2) is 113 Å². The molecule has 24 nitrogen and oxygen atoms in total. The van der Waals surface area contributed by atoms with Crippen molar-refractivity contribution in [2.45, 2.75) is 488 Å². The fourth-order valence-electron chi connectivity index (χ4n) is 18.1. The van der Waals surface area contributed by atoms with E-state index in [2.05, 4.69) is 229 Å². The van der Waals surface area contributed by atoms with Crippen molar-refractivity contribution >= 4 is 0 Å². The van der Waals surface area contributed by atoms with Gasteiger partial charge in [0.15, 0.2) is 23.3 Å². The van der Waals surface area contributed by atoms with Crippen molar-refractivity contribution in [1.82, 2.24) is 79.7 Å². The number of aryl methyl sites for hydroxylation is 2. The molecule has 8 aromatic rings. The number of aliphatic hydroxyl groups is 4. The summed E-state index contributed by atoms with van der Waals surface area (Å²) in [5, 5.41) is 67.3. The van der Waals surface area contributed by atoms with Gasteiger partial charge in [-0.3, -0.25) is 18.7 Å². The van der Waals surface area contributed by atoms with Crippen molar-refractivity contribution in [1.29, 1.82) is 0 Å². The normalized spacial score (nSPS) is 26.1. The molecule has 18 rings (SSSR count). The average molecular weight is 1850 g/mol. The molecule has 0 spiro atoms. The fourth-order valence-corrected chi connectivity index (χ4v) is 18.1. The van der Waals surface area contributed by atoms with Gasteiger partial charge in [0.2, 0.25) is 11.8 Å². The Morgan fingerprint density at radius 1 is 0.288 bits per heavy atom. The smallest absolute Gasteiger partial charge is 0.252 e. The van der Waals surface area contributed by atoms with Gasteiger partial charge in [-0.05, 0) is 260 Å². The Balaban J connectivity index is 0.000000722. The molecule has 0 aromatic carbocycles. The summed E-state index contributed by atoms with van der Waals surface area (Å²) in [6, 6.07) is 11.3. The van der Waals surface area contributed by atoms with Gasteiger partial charge in [-0.1, -0.05) is 270 Å². The van der Waals surface area contributed by atoms with E-state index >= 15 is 0 Å². The van der Waals surface area contributed by atoms with E-state index in [1.807, 2.05) is 149 Å². The Morgan fingerprint density at radius 2 is 0.500 bits per heavy atom. The van der Waals surface area contributed by atoms with E-state index in [9.17, 15) is 0 Å². The Kier molecular flexibility index (Phi) is 64.5. The molecule has 0 radical (unpaired) electrons. The van der Waals surface area contributed by atoms with Crippen molar-refractivity contribution in [3.05, 3.63) is 119 Å². The summed E-state index contributed by atoms with van der Waals surface area (Å²) >= 11 is 0. The summed E-state index contributed by atoms with van der Waals surface area (Å²) in [6.45, 7) is 77.1. The molecule has 0 amide bonds. The Hall–Kier alpha value is -6.76. The van der Waals surface area contributed by atoms with E-state index in [1.54, 1.807) is 0 Å². The number of nitrogens with zero attached hydrogens (tertiary/aromatic N) is 16. The third kappa shape index (κ3) is 41.3. The standard InChI is InChI=1S/4C11H18N2.2C9H14N2O.2C8H12N2O2.2C7H14O.8C2H6/c4*1-8(2)11-4-5-12-13(11)10-6-9(3)7-10;2*1-3-8-10-9(12-11-8)7-4-6(2)5-7;2*1-5-2-6(3-5)8-9-7(4-11)12-10-8;2*1-6-4-7(5-6)2-3-8;8*1-2/h4*4-5,8-10H,6-7H2,1-3H3;2*6-7H,3-5H2,1-2H3;2*5-6,11H,2-4H2,1H3;2*6-8H,2-5H2,1H3;8*1-2H3. The average Bonchev–Trinajstić information content (AvgIpc) is 1.62. The second kappa shape index (κ2) is 69.1. The number of rotatable bonds is 20. The molecule has 8 heterocycles. The molecule has 0 bridgehead atoms. The van der Waals surface area contributed by atoms with E-state index in [0.29, 0.717) is 96.5 Å². The van der Waals surface area contributed by atoms with Crippen LogP contribution >= 0.6 is 0 Å².